The fourth-order valence-corrected chi connectivity index (χ4v) is 3.34. The molecule has 3 nitrogen and oxygen atoms in total. The van der Waals surface area contributed by atoms with Crippen LogP contribution in [0.3, 0.4) is 0 Å². The molecule has 0 bridgehead atoms. The van der Waals surface area contributed by atoms with Gasteiger partial charge in [0.1, 0.15) is 0 Å². The number of carbonyl (C=O) groups excluding carboxylic acids is 1. The van der Waals surface area contributed by atoms with Crippen molar-refractivity contribution in [2.75, 3.05) is 26.2 Å². The maximum absolute atomic E-state index is 12.5. The van der Waals surface area contributed by atoms with Gasteiger partial charge in [-0.05, 0) is 42.9 Å². The predicted molar refractivity (Wildman–Crippen MR) is 76.3 cm³/mol. The van der Waals surface area contributed by atoms with Crippen molar-refractivity contribution in [2.45, 2.75) is 26.2 Å². The summed E-state index contributed by atoms with van der Waals surface area (Å²) in [5.41, 5.74) is 2.34. The first-order chi connectivity index (χ1) is 9.18. The summed E-state index contributed by atoms with van der Waals surface area (Å²) in [6.45, 7) is 6.19. The molecule has 2 heterocycles. The Hall–Kier alpha value is -1.35. The third kappa shape index (κ3) is 2.52. The lowest BCUT2D eigenvalue weighted by Crippen LogP contribution is -2.49. The van der Waals surface area contributed by atoms with Crippen LogP contribution in [0.5, 0.6) is 0 Å². The smallest absolute Gasteiger partial charge is 0.254 e. The van der Waals surface area contributed by atoms with Crippen molar-refractivity contribution in [1.29, 1.82) is 0 Å². The number of piperidine rings is 1. The van der Waals surface area contributed by atoms with E-state index in [0.29, 0.717) is 0 Å². The average Bonchev–Trinajstić information content (AvgIpc) is 2.43. The Balaban J connectivity index is 1.75. The molecule has 0 aliphatic carbocycles. The fourth-order valence-electron chi connectivity index (χ4n) is 3.34. The van der Waals surface area contributed by atoms with E-state index in [0.717, 1.165) is 38.2 Å². The van der Waals surface area contributed by atoms with Gasteiger partial charge in [0.15, 0.2) is 0 Å². The van der Waals surface area contributed by atoms with E-state index in [9.17, 15) is 4.79 Å². The summed E-state index contributed by atoms with van der Waals surface area (Å²) in [7, 11) is 0. The number of benzene rings is 1. The van der Waals surface area contributed by atoms with Gasteiger partial charge in [-0.2, -0.15) is 0 Å². The number of nitrogens with one attached hydrogen (secondary N) is 1. The molecule has 1 atom stereocenters. The molecule has 2 aliphatic rings. The molecule has 102 valence electrons. The molecule has 0 saturated carbocycles. The van der Waals surface area contributed by atoms with Gasteiger partial charge in [-0.15, -0.1) is 0 Å². The predicted octanol–water partition coefficient (Wildman–Crippen LogP) is 2.07. The van der Waals surface area contributed by atoms with Gasteiger partial charge < -0.3 is 10.2 Å². The molecule has 1 fully saturated rings. The normalized spacial score (nSPS) is 27.2. The lowest BCUT2D eigenvalue weighted by molar-refractivity contribution is 0.0621. The van der Waals surface area contributed by atoms with Crippen LogP contribution < -0.4 is 5.32 Å². The van der Waals surface area contributed by atoms with E-state index in [1.54, 1.807) is 0 Å². The van der Waals surface area contributed by atoms with E-state index < -0.39 is 0 Å². The third-order valence-electron chi connectivity index (χ3n) is 4.44. The Morgan fingerprint density at radius 2 is 2.21 bits per heavy atom. The minimum absolute atomic E-state index is 0.216. The first-order valence-electron chi connectivity index (χ1n) is 7.26. The van der Waals surface area contributed by atoms with Gasteiger partial charge in [0.25, 0.3) is 5.91 Å². The van der Waals surface area contributed by atoms with E-state index in [4.69, 9.17) is 0 Å². The molecule has 0 spiro atoms. The monoisotopic (exact) mass is 258 g/mol. The Bertz CT molecular complexity index is 477. The van der Waals surface area contributed by atoms with E-state index >= 15 is 0 Å². The van der Waals surface area contributed by atoms with Gasteiger partial charge in [-0.25, -0.2) is 0 Å². The van der Waals surface area contributed by atoms with Crippen molar-refractivity contribution in [3.8, 4) is 0 Å². The molecule has 1 saturated heterocycles. The molecule has 0 radical (unpaired) electrons. The zero-order chi connectivity index (χ0) is 13.3. The van der Waals surface area contributed by atoms with Crippen molar-refractivity contribution in [3.63, 3.8) is 0 Å². The standard InChI is InChI=1S/C16H22N2O/c1-16(8-4-9-17-11-16)12-18-10-7-13-5-2-3-6-14(13)15(18)19/h2-3,5-6,17H,4,7-12H2,1H3. The zero-order valence-corrected chi connectivity index (χ0v) is 11.6. The van der Waals surface area contributed by atoms with Crippen LogP contribution in [0.4, 0.5) is 0 Å². The molecule has 1 aromatic carbocycles. The highest BCUT2D eigenvalue weighted by atomic mass is 16.2. The van der Waals surface area contributed by atoms with Gasteiger partial charge >= 0.3 is 0 Å². The number of carbonyl (C=O) groups is 1. The van der Waals surface area contributed by atoms with Crippen LogP contribution in [0.15, 0.2) is 24.3 Å². The number of nitrogens with zero attached hydrogens (tertiary/aromatic N) is 1. The topological polar surface area (TPSA) is 32.3 Å². The molecule has 1 aromatic rings. The van der Waals surface area contributed by atoms with Gasteiger partial charge in [-0.1, -0.05) is 25.1 Å². The minimum Gasteiger partial charge on any atom is -0.338 e. The van der Waals surface area contributed by atoms with Crippen LogP contribution in [0, 0.1) is 5.41 Å². The van der Waals surface area contributed by atoms with E-state index in [1.165, 1.54) is 18.4 Å². The molecule has 1 unspecified atom stereocenters. The molecule has 3 heteroatoms. The van der Waals surface area contributed by atoms with E-state index in [1.807, 2.05) is 18.2 Å². The zero-order valence-electron chi connectivity index (χ0n) is 11.6. The quantitative estimate of drug-likeness (QED) is 0.881. The molecule has 0 aromatic heterocycles. The minimum atomic E-state index is 0.216. The van der Waals surface area contributed by atoms with Crippen LogP contribution in [-0.2, 0) is 6.42 Å². The Labute approximate surface area is 115 Å². The second-order valence-corrected chi connectivity index (χ2v) is 6.22. The van der Waals surface area contributed by atoms with Crippen molar-refractivity contribution in [3.05, 3.63) is 35.4 Å². The first kappa shape index (κ1) is 12.7. The second kappa shape index (κ2) is 4.97. The second-order valence-electron chi connectivity index (χ2n) is 6.22. The number of hydrogen-bond acceptors (Lipinski definition) is 2. The number of amides is 1. The first-order valence-corrected chi connectivity index (χ1v) is 7.26. The van der Waals surface area contributed by atoms with Crippen LogP contribution in [-0.4, -0.2) is 37.0 Å². The lowest BCUT2D eigenvalue weighted by atomic mass is 9.81. The maximum atomic E-state index is 12.5. The molecule has 2 aliphatic heterocycles. The van der Waals surface area contributed by atoms with Crippen molar-refractivity contribution >= 4 is 5.91 Å². The van der Waals surface area contributed by atoms with Crippen LogP contribution in [0.2, 0.25) is 0 Å². The van der Waals surface area contributed by atoms with Gasteiger partial charge in [0, 0.05) is 25.2 Å². The van der Waals surface area contributed by atoms with Crippen molar-refractivity contribution < 1.29 is 4.79 Å². The molecular weight excluding hydrogens is 236 g/mol. The van der Waals surface area contributed by atoms with Crippen LogP contribution in [0.1, 0.15) is 35.7 Å². The number of hydrogen-bond donors (Lipinski definition) is 1. The lowest BCUT2D eigenvalue weighted by Gasteiger charge is -2.40. The van der Waals surface area contributed by atoms with Crippen LogP contribution in [0.25, 0.3) is 0 Å². The average molecular weight is 258 g/mol. The number of fused-ring (bicyclic) bond motifs is 1. The SMILES string of the molecule is CC1(CN2CCc3ccccc3C2=O)CCCNC1. The summed E-state index contributed by atoms with van der Waals surface area (Å²) < 4.78 is 0. The van der Waals surface area contributed by atoms with Crippen LogP contribution >= 0.6 is 0 Å². The van der Waals surface area contributed by atoms with Gasteiger partial charge in [-0.3, -0.25) is 4.79 Å². The maximum Gasteiger partial charge on any atom is 0.254 e. The molecule has 19 heavy (non-hydrogen) atoms. The van der Waals surface area contributed by atoms with Crippen molar-refractivity contribution in [2.24, 2.45) is 5.41 Å². The number of rotatable bonds is 2. The highest BCUT2D eigenvalue weighted by molar-refractivity contribution is 5.96. The highest BCUT2D eigenvalue weighted by Crippen LogP contribution is 2.29. The third-order valence-corrected chi connectivity index (χ3v) is 4.44. The van der Waals surface area contributed by atoms with Gasteiger partial charge in [0.2, 0.25) is 0 Å². The van der Waals surface area contributed by atoms with E-state index in [-0.39, 0.29) is 11.3 Å². The summed E-state index contributed by atoms with van der Waals surface area (Å²) in [5.74, 6) is 0.216. The summed E-state index contributed by atoms with van der Waals surface area (Å²) in [6.07, 6.45) is 3.42. The Morgan fingerprint density at radius 1 is 1.37 bits per heavy atom. The summed E-state index contributed by atoms with van der Waals surface area (Å²) >= 11 is 0. The summed E-state index contributed by atoms with van der Waals surface area (Å²) in [6, 6.07) is 8.03. The summed E-state index contributed by atoms with van der Waals surface area (Å²) in [5, 5.41) is 3.46. The Morgan fingerprint density at radius 3 is 3.00 bits per heavy atom. The van der Waals surface area contributed by atoms with E-state index in [2.05, 4.69) is 23.2 Å². The molecule has 1 amide bonds. The van der Waals surface area contributed by atoms with Gasteiger partial charge in [0.05, 0.1) is 0 Å². The molecular formula is C16H22N2O. The fraction of sp³-hybridized carbons (Fsp3) is 0.562. The molecule has 3 rings (SSSR count). The highest BCUT2D eigenvalue weighted by Gasteiger charge is 2.33. The largest absolute Gasteiger partial charge is 0.338 e. The summed E-state index contributed by atoms with van der Waals surface area (Å²) in [4.78, 5) is 14.6. The van der Waals surface area contributed by atoms with Crippen molar-refractivity contribution in [1.82, 2.24) is 10.2 Å². The Kier molecular flexibility index (Phi) is 3.31. The molecule has 1 N–H and O–H groups in total.